The molecule has 20 heavy (non-hydrogen) atoms. The fourth-order valence-corrected chi connectivity index (χ4v) is 4.42. The SMILES string of the molecule is COC(=O)C1(N)CCC(N2CCC3CCC(C2)N3C)C1. The molecule has 4 atom stereocenters. The number of carbonyl (C=O) groups is 1. The summed E-state index contributed by atoms with van der Waals surface area (Å²) in [7, 11) is 3.70. The van der Waals surface area contributed by atoms with Crippen LogP contribution in [-0.2, 0) is 9.53 Å². The molecular formula is C15H27N3O2. The minimum Gasteiger partial charge on any atom is -0.468 e. The van der Waals surface area contributed by atoms with Crippen molar-refractivity contribution in [3.63, 3.8) is 0 Å². The van der Waals surface area contributed by atoms with Crippen LogP contribution in [0.4, 0.5) is 0 Å². The lowest BCUT2D eigenvalue weighted by Gasteiger charge is -2.31. The maximum Gasteiger partial charge on any atom is 0.325 e. The van der Waals surface area contributed by atoms with Gasteiger partial charge in [0.15, 0.2) is 0 Å². The standard InChI is InChI=1S/C15H27N3O2/c1-17-11-3-4-13(17)10-18(8-6-11)12-5-7-15(16,9-12)14(19)20-2/h11-13H,3-10,16H2,1-2H3. The van der Waals surface area contributed by atoms with Crippen molar-refractivity contribution < 1.29 is 9.53 Å². The highest BCUT2D eigenvalue weighted by molar-refractivity contribution is 5.81. The van der Waals surface area contributed by atoms with Gasteiger partial charge in [-0.15, -0.1) is 0 Å². The van der Waals surface area contributed by atoms with E-state index in [2.05, 4.69) is 16.8 Å². The van der Waals surface area contributed by atoms with E-state index < -0.39 is 5.54 Å². The van der Waals surface area contributed by atoms with E-state index in [1.807, 2.05) is 0 Å². The van der Waals surface area contributed by atoms with Crippen LogP contribution in [0.2, 0.25) is 0 Å². The molecule has 1 aliphatic carbocycles. The summed E-state index contributed by atoms with van der Waals surface area (Å²) in [6, 6.07) is 1.90. The van der Waals surface area contributed by atoms with Crippen LogP contribution in [0.25, 0.3) is 0 Å². The number of methoxy groups -OCH3 is 1. The van der Waals surface area contributed by atoms with Crippen LogP contribution in [0.1, 0.15) is 38.5 Å². The highest BCUT2D eigenvalue weighted by Gasteiger charge is 2.46. The molecule has 5 nitrogen and oxygen atoms in total. The van der Waals surface area contributed by atoms with Gasteiger partial charge in [0.05, 0.1) is 7.11 Å². The van der Waals surface area contributed by atoms with Crippen LogP contribution >= 0.6 is 0 Å². The van der Waals surface area contributed by atoms with Gasteiger partial charge in [0, 0.05) is 24.7 Å². The minimum atomic E-state index is -0.753. The molecule has 3 rings (SSSR count). The summed E-state index contributed by atoms with van der Waals surface area (Å²) in [4.78, 5) is 17.0. The molecule has 3 aliphatic rings. The number of nitrogens with zero attached hydrogens (tertiary/aromatic N) is 2. The molecule has 2 bridgehead atoms. The molecule has 0 aromatic heterocycles. The lowest BCUT2D eigenvalue weighted by molar-refractivity contribution is -0.147. The minimum absolute atomic E-state index is 0.242. The van der Waals surface area contributed by atoms with Crippen molar-refractivity contribution in [2.45, 2.75) is 62.2 Å². The van der Waals surface area contributed by atoms with E-state index >= 15 is 0 Å². The average molecular weight is 281 g/mol. The van der Waals surface area contributed by atoms with Gasteiger partial charge < -0.3 is 10.5 Å². The molecule has 0 aromatic carbocycles. The number of nitrogens with two attached hydrogens (primary N) is 1. The Morgan fingerprint density at radius 2 is 1.95 bits per heavy atom. The topological polar surface area (TPSA) is 58.8 Å². The predicted molar refractivity (Wildman–Crippen MR) is 77.3 cm³/mol. The second-order valence-electron chi connectivity index (χ2n) is 6.88. The van der Waals surface area contributed by atoms with E-state index in [0.717, 1.165) is 38.4 Å². The average Bonchev–Trinajstić information content (AvgIpc) is 2.92. The number of carbonyl (C=O) groups excluding carboxylic acids is 1. The molecule has 0 aromatic rings. The molecule has 0 radical (unpaired) electrons. The van der Waals surface area contributed by atoms with Crippen molar-refractivity contribution in [2.75, 3.05) is 27.2 Å². The van der Waals surface area contributed by atoms with Gasteiger partial charge in [0.1, 0.15) is 5.54 Å². The predicted octanol–water partition coefficient (Wildman–Crippen LogP) is 0.578. The Bertz CT molecular complexity index is 389. The van der Waals surface area contributed by atoms with Crippen LogP contribution in [0.3, 0.4) is 0 Å². The zero-order chi connectivity index (χ0) is 14.3. The maximum atomic E-state index is 11.8. The van der Waals surface area contributed by atoms with Crippen molar-refractivity contribution in [1.29, 1.82) is 0 Å². The van der Waals surface area contributed by atoms with E-state index in [0.29, 0.717) is 12.1 Å². The highest BCUT2D eigenvalue weighted by Crippen LogP contribution is 2.36. The van der Waals surface area contributed by atoms with Crippen LogP contribution < -0.4 is 5.73 Å². The summed E-state index contributed by atoms with van der Waals surface area (Å²) < 4.78 is 4.87. The van der Waals surface area contributed by atoms with Crippen molar-refractivity contribution in [3.05, 3.63) is 0 Å². The largest absolute Gasteiger partial charge is 0.468 e. The van der Waals surface area contributed by atoms with Crippen molar-refractivity contribution in [1.82, 2.24) is 9.80 Å². The van der Waals surface area contributed by atoms with Gasteiger partial charge in [-0.3, -0.25) is 14.6 Å². The smallest absolute Gasteiger partial charge is 0.325 e. The monoisotopic (exact) mass is 281 g/mol. The first-order valence-corrected chi connectivity index (χ1v) is 7.87. The third-order valence-electron chi connectivity index (χ3n) is 5.81. The fourth-order valence-electron chi connectivity index (χ4n) is 4.42. The summed E-state index contributed by atoms with van der Waals surface area (Å²) in [5.74, 6) is -0.242. The number of ether oxygens (including phenoxy) is 1. The Kier molecular flexibility index (Phi) is 3.77. The molecule has 0 spiro atoms. The second kappa shape index (κ2) is 5.28. The zero-order valence-electron chi connectivity index (χ0n) is 12.7. The number of esters is 1. The van der Waals surface area contributed by atoms with Gasteiger partial charge in [0.2, 0.25) is 0 Å². The highest BCUT2D eigenvalue weighted by atomic mass is 16.5. The summed E-state index contributed by atoms with van der Waals surface area (Å²) >= 11 is 0. The molecule has 2 saturated heterocycles. The van der Waals surface area contributed by atoms with Gasteiger partial charge in [-0.1, -0.05) is 0 Å². The normalized spacial score (nSPS) is 42.6. The summed E-state index contributed by atoms with van der Waals surface area (Å²) in [5, 5.41) is 0. The van der Waals surface area contributed by atoms with Crippen LogP contribution in [0, 0.1) is 0 Å². The first-order chi connectivity index (χ1) is 9.53. The Labute approximate surface area is 121 Å². The quantitative estimate of drug-likeness (QED) is 0.750. The molecule has 114 valence electrons. The molecular weight excluding hydrogens is 254 g/mol. The van der Waals surface area contributed by atoms with Gasteiger partial charge >= 0.3 is 5.97 Å². The fraction of sp³-hybridized carbons (Fsp3) is 0.933. The third kappa shape index (κ3) is 2.36. The number of hydrogen-bond donors (Lipinski definition) is 1. The van der Waals surface area contributed by atoms with Gasteiger partial charge in [0.25, 0.3) is 0 Å². The van der Waals surface area contributed by atoms with E-state index in [1.54, 1.807) is 0 Å². The first kappa shape index (κ1) is 14.3. The lowest BCUT2D eigenvalue weighted by atomic mass is 9.98. The summed E-state index contributed by atoms with van der Waals surface area (Å²) in [6.07, 6.45) is 6.44. The Morgan fingerprint density at radius 1 is 1.20 bits per heavy atom. The van der Waals surface area contributed by atoms with Crippen LogP contribution in [0.15, 0.2) is 0 Å². The number of hydrogen-bond acceptors (Lipinski definition) is 5. The number of fused-ring (bicyclic) bond motifs is 2. The van der Waals surface area contributed by atoms with Gasteiger partial charge in [-0.25, -0.2) is 0 Å². The lowest BCUT2D eigenvalue weighted by Crippen LogP contribution is -2.49. The first-order valence-electron chi connectivity index (χ1n) is 7.87. The molecule has 4 unspecified atom stereocenters. The third-order valence-corrected chi connectivity index (χ3v) is 5.81. The number of likely N-dealkylation sites (tertiary alicyclic amines) is 1. The molecule has 3 fully saturated rings. The van der Waals surface area contributed by atoms with Gasteiger partial charge in [-0.05, 0) is 52.1 Å². The van der Waals surface area contributed by atoms with E-state index in [-0.39, 0.29) is 5.97 Å². The summed E-state index contributed by atoms with van der Waals surface area (Å²) in [5.41, 5.74) is 5.49. The Hall–Kier alpha value is -0.650. The molecule has 1 saturated carbocycles. The van der Waals surface area contributed by atoms with Crippen molar-refractivity contribution in [2.24, 2.45) is 5.73 Å². The maximum absolute atomic E-state index is 11.8. The van der Waals surface area contributed by atoms with Gasteiger partial charge in [-0.2, -0.15) is 0 Å². The molecule has 5 heteroatoms. The number of likely N-dealkylation sites (N-methyl/N-ethyl adjacent to an activating group) is 1. The van der Waals surface area contributed by atoms with E-state index in [9.17, 15) is 4.79 Å². The summed E-state index contributed by atoms with van der Waals surface area (Å²) in [6.45, 7) is 2.28. The van der Waals surface area contributed by atoms with Crippen molar-refractivity contribution in [3.8, 4) is 0 Å². The number of rotatable bonds is 2. The van der Waals surface area contributed by atoms with E-state index in [4.69, 9.17) is 10.5 Å². The van der Waals surface area contributed by atoms with Crippen molar-refractivity contribution >= 4 is 5.97 Å². The van der Waals surface area contributed by atoms with Crippen LogP contribution in [-0.4, -0.2) is 66.7 Å². The Morgan fingerprint density at radius 3 is 2.70 bits per heavy atom. The molecule has 2 aliphatic heterocycles. The molecule has 2 N–H and O–H groups in total. The Balaban J connectivity index is 1.65. The zero-order valence-corrected chi connectivity index (χ0v) is 12.7. The van der Waals surface area contributed by atoms with Crippen LogP contribution in [0.5, 0.6) is 0 Å². The molecule has 2 heterocycles. The van der Waals surface area contributed by atoms with E-state index in [1.165, 1.54) is 26.4 Å². The molecule has 0 amide bonds. The second-order valence-corrected chi connectivity index (χ2v) is 6.88.